The molecule has 1 saturated heterocycles. The minimum absolute atomic E-state index is 0.232. The highest BCUT2D eigenvalue weighted by atomic mass is 32.2. The maximum absolute atomic E-state index is 12.6. The number of nitrogens with one attached hydrogen (secondary N) is 1. The molecule has 2 heterocycles. The Hall–Kier alpha value is -1.71. The van der Waals surface area contributed by atoms with Gasteiger partial charge in [0.05, 0.1) is 43.9 Å². The van der Waals surface area contributed by atoms with Gasteiger partial charge in [-0.15, -0.1) is 0 Å². The fourth-order valence-corrected chi connectivity index (χ4v) is 4.53. The molecule has 1 aromatic heterocycles. The van der Waals surface area contributed by atoms with E-state index in [1.54, 1.807) is 42.7 Å². The van der Waals surface area contributed by atoms with E-state index in [0.29, 0.717) is 44.2 Å². The minimum atomic E-state index is -3.43. The van der Waals surface area contributed by atoms with Crippen LogP contribution >= 0.6 is 0 Å². The smallest absolute Gasteiger partial charge is 0.243 e. The van der Waals surface area contributed by atoms with Crippen LogP contribution in [0.2, 0.25) is 0 Å². The highest BCUT2D eigenvalue weighted by molar-refractivity contribution is 7.89. The second kappa shape index (κ2) is 8.79. The third kappa shape index (κ3) is 4.93. The van der Waals surface area contributed by atoms with E-state index in [4.69, 9.17) is 9.15 Å². The number of furan rings is 1. The first-order valence-corrected chi connectivity index (χ1v) is 10.2. The van der Waals surface area contributed by atoms with Gasteiger partial charge >= 0.3 is 0 Å². The fraction of sp³-hybridized carbons (Fsp3) is 0.444. The standard InChI is InChI=1S/C18H24N2O5S/c21-16(14-24-15-17-5-4-12-25-17)13-19-8-10-20(11-9-19)26(22,23)18-6-2-1-3-7-18/h1-7,12,16,21H,8-11,13-15H2/p+1/t16-/m1/s1. The Balaban J connectivity index is 1.42. The van der Waals surface area contributed by atoms with Crippen molar-refractivity contribution in [2.75, 3.05) is 39.3 Å². The summed E-state index contributed by atoms with van der Waals surface area (Å²) in [5, 5.41) is 10.1. The van der Waals surface area contributed by atoms with E-state index in [-0.39, 0.29) is 6.61 Å². The molecule has 1 atom stereocenters. The number of piperazine rings is 1. The lowest BCUT2D eigenvalue weighted by Crippen LogP contribution is -3.15. The zero-order valence-electron chi connectivity index (χ0n) is 14.6. The third-order valence-electron chi connectivity index (χ3n) is 4.47. The second-order valence-electron chi connectivity index (χ2n) is 6.42. The second-order valence-corrected chi connectivity index (χ2v) is 8.36. The molecule has 142 valence electrons. The van der Waals surface area contributed by atoms with Crippen molar-refractivity contribution in [2.45, 2.75) is 17.6 Å². The number of hydrogen-bond donors (Lipinski definition) is 2. The first kappa shape index (κ1) is 19.1. The van der Waals surface area contributed by atoms with Crippen molar-refractivity contribution < 1.29 is 27.6 Å². The predicted molar refractivity (Wildman–Crippen MR) is 95.1 cm³/mol. The number of rotatable bonds is 8. The number of nitrogens with zero attached hydrogens (tertiary/aromatic N) is 1. The summed E-state index contributed by atoms with van der Waals surface area (Å²) in [6.45, 7) is 3.35. The number of ether oxygens (including phenoxy) is 1. The van der Waals surface area contributed by atoms with E-state index in [0.717, 1.165) is 5.76 Å². The SMILES string of the molecule is O=S(=O)(c1ccccc1)N1CC[NH+](C[C@@H](O)COCc2ccco2)CC1. The summed E-state index contributed by atoms with van der Waals surface area (Å²) in [4.78, 5) is 1.51. The summed E-state index contributed by atoms with van der Waals surface area (Å²) in [7, 11) is -3.43. The van der Waals surface area contributed by atoms with Crippen LogP contribution in [0, 0.1) is 0 Å². The lowest BCUT2D eigenvalue weighted by atomic mass is 10.3. The number of hydrogen-bond acceptors (Lipinski definition) is 5. The molecule has 1 aromatic carbocycles. The average Bonchev–Trinajstić information content (AvgIpc) is 3.16. The summed E-state index contributed by atoms with van der Waals surface area (Å²) in [6.07, 6.45) is 1.000. The van der Waals surface area contributed by atoms with Gasteiger partial charge in [-0.3, -0.25) is 0 Å². The number of benzene rings is 1. The number of quaternary nitrogens is 1. The lowest BCUT2D eigenvalue weighted by molar-refractivity contribution is -0.906. The molecule has 1 aliphatic rings. The van der Waals surface area contributed by atoms with Gasteiger partial charge in [0.1, 0.15) is 25.0 Å². The van der Waals surface area contributed by atoms with Crippen LogP contribution in [0.5, 0.6) is 0 Å². The van der Waals surface area contributed by atoms with Crippen LogP contribution in [0.4, 0.5) is 0 Å². The molecule has 0 aliphatic carbocycles. The van der Waals surface area contributed by atoms with Gasteiger partial charge in [0.2, 0.25) is 10.0 Å². The van der Waals surface area contributed by atoms with Gasteiger partial charge in [-0.25, -0.2) is 8.42 Å². The molecule has 3 rings (SSSR count). The highest BCUT2D eigenvalue weighted by Gasteiger charge is 2.30. The van der Waals surface area contributed by atoms with Crippen LogP contribution in [0.3, 0.4) is 0 Å². The van der Waals surface area contributed by atoms with Crippen molar-refractivity contribution >= 4 is 10.0 Å². The average molecular weight is 381 g/mol. The van der Waals surface area contributed by atoms with Crippen molar-refractivity contribution in [1.29, 1.82) is 0 Å². The molecule has 1 aliphatic heterocycles. The Kier molecular flexibility index (Phi) is 6.44. The van der Waals surface area contributed by atoms with E-state index >= 15 is 0 Å². The summed E-state index contributed by atoms with van der Waals surface area (Å²) in [5.74, 6) is 0.726. The Bertz CT molecular complexity index is 756. The highest BCUT2D eigenvalue weighted by Crippen LogP contribution is 2.14. The first-order valence-electron chi connectivity index (χ1n) is 8.72. The number of sulfonamides is 1. The van der Waals surface area contributed by atoms with Gasteiger partial charge in [0.15, 0.2) is 0 Å². The van der Waals surface area contributed by atoms with Crippen LogP contribution in [0.1, 0.15) is 5.76 Å². The Labute approximate surface area is 153 Å². The van der Waals surface area contributed by atoms with E-state index in [2.05, 4.69) is 0 Å². The monoisotopic (exact) mass is 381 g/mol. The number of aliphatic hydroxyl groups is 1. The Morgan fingerprint density at radius 3 is 2.54 bits per heavy atom. The molecular formula is C18H25N2O5S+. The quantitative estimate of drug-likeness (QED) is 0.659. The molecule has 7 nitrogen and oxygen atoms in total. The zero-order valence-corrected chi connectivity index (χ0v) is 15.4. The molecule has 0 radical (unpaired) electrons. The van der Waals surface area contributed by atoms with Crippen LogP contribution in [-0.4, -0.2) is 63.3 Å². The van der Waals surface area contributed by atoms with Crippen molar-refractivity contribution in [3.05, 3.63) is 54.5 Å². The van der Waals surface area contributed by atoms with Crippen LogP contribution in [-0.2, 0) is 21.4 Å². The maximum Gasteiger partial charge on any atom is 0.243 e. The third-order valence-corrected chi connectivity index (χ3v) is 6.38. The van der Waals surface area contributed by atoms with Crippen molar-refractivity contribution in [1.82, 2.24) is 4.31 Å². The van der Waals surface area contributed by atoms with Gasteiger partial charge in [0, 0.05) is 0 Å². The van der Waals surface area contributed by atoms with Crippen molar-refractivity contribution in [3.63, 3.8) is 0 Å². The molecule has 0 unspecified atom stereocenters. The molecule has 8 heteroatoms. The van der Waals surface area contributed by atoms with Crippen LogP contribution in [0.15, 0.2) is 58.0 Å². The summed E-state index contributed by atoms with van der Waals surface area (Å²) in [6, 6.07) is 12.1. The van der Waals surface area contributed by atoms with E-state index in [1.807, 2.05) is 6.07 Å². The van der Waals surface area contributed by atoms with E-state index < -0.39 is 16.1 Å². The normalized spacial score (nSPS) is 18.0. The molecule has 0 bridgehead atoms. The van der Waals surface area contributed by atoms with Crippen molar-refractivity contribution in [3.8, 4) is 0 Å². The molecule has 1 fully saturated rings. The van der Waals surface area contributed by atoms with Crippen LogP contribution in [0.25, 0.3) is 0 Å². The first-order chi connectivity index (χ1) is 12.6. The van der Waals surface area contributed by atoms with Gasteiger partial charge in [0.25, 0.3) is 0 Å². The summed E-state index contributed by atoms with van der Waals surface area (Å²) >= 11 is 0. The summed E-state index contributed by atoms with van der Waals surface area (Å²) in [5.41, 5.74) is 0. The summed E-state index contributed by atoms with van der Waals surface area (Å²) < 4.78 is 37.4. The van der Waals surface area contributed by atoms with Gasteiger partial charge in [-0.1, -0.05) is 18.2 Å². The molecule has 0 saturated carbocycles. The Morgan fingerprint density at radius 2 is 1.88 bits per heavy atom. The maximum atomic E-state index is 12.6. The molecule has 2 N–H and O–H groups in total. The molecule has 26 heavy (non-hydrogen) atoms. The molecule has 0 amide bonds. The topological polar surface area (TPSA) is 84.4 Å². The van der Waals surface area contributed by atoms with E-state index in [1.165, 1.54) is 9.21 Å². The molecule has 2 aromatic rings. The Morgan fingerprint density at radius 1 is 1.15 bits per heavy atom. The lowest BCUT2D eigenvalue weighted by Gasteiger charge is -2.32. The van der Waals surface area contributed by atoms with Gasteiger partial charge in [-0.2, -0.15) is 4.31 Å². The molecular weight excluding hydrogens is 356 g/mol. The minimum Gasteiger partial charge on any atom is -0.467 e. The predicted octanol–water partition coefficient (Wildman–Crippen LogP) is -0.253. The molecule has 0 spiro atoms. The fourth-order valence-electron chi connectivity index (χ4n) is 3.07. The largest absolute Gasteiger partial charge is 0.467 e. The van der Waals surface area contributed by atoms with Crippen molar-refractivity contribution in [2.24, 2.45) is 0 Å². The number of aliphatic hydroxyl groups excluding tert-OH is 1. The zero-order chi connectivity index (χ0) is 18.4. The van der Waals surface area contributed by atoms with Gasteiger partial charge < -0.3 is 19.2 Å². The van der Waals surface area contributed by atoms with Gasteiger partial charge in [-0.05, 0) is 24.3 Å². The van der Waals surface area contributed by atoms with E-state index in [9.17, 15) is 13.5 Å². The van der Waals surface area contributed by atoms with Crippen LogP contribution < -0.4 is 4.90 Å².